The van der Waals surface area contributed by atoms with Gasteiger partial charge in [0.1, 0.15) is 5.69 Å². The Balaban J connectivity index is 1.82. The van der Waals surface area contributed by atoms with Gasteiger partial charge in [0, 0.05) is 43.7 Å². The molecule has 2 heterocycles. The monoisotopic (exact) mass is 353 g/mol. The zero-order valence-electron chi connectivity index (χ0n) is 14.5. The van der Waals surface area contributed by atoms with Crippen LogP contribution in [0, 0.1) is 0 Å². The molecule has 1 N–H and O–H groups in total. The Kier molecular flexibility index (Phi) is 5.12. The summed E-state index contributed by atoms with van der Waals surface area (Å²) in [5, 5.41) is 11.3. The minimum absolute atomic E-state index is 0.152. The van der Waals surface area contributed by atoms with Crippen molar-refractivity contribution in [1.29, 1.82) is 0 Å². The Morgan fingerprint density at radius 3 is 2.77 bits per heavy atom. The Bertz CT molecular complexity index is 977. The number of carbonyl (C=O) groups is 1. The fourth-order valence-electron chi connectivity index (χ4n) is 2.46. The standard InChI is InChI=1S/C18H19N5O3/c1-3-26-18(25)19-14-6-4-5-13(11-14)12-15-16(24)7-10-23(20-15)17-8-9-22(2)21-17/h4-11H,3,12H2,1-2H3,(H,19,25). The molecule has 1 aromatic carbocycles. The molecule has 3 rings (SSSR count). The first-order chi connectivity index (χ1) is 12.5. The van der Waals surface area contributed by atoms with Gasteiger partial charge in [0.25, 0.3) is 0 Å². The molecule has 0 unspecified atom stereocenters. The van der Waals surface area contributed by atoms with Crippen LogP contribution in [0.5, 0.6) is 0 Å². The van der Waals surface area contributed by atoms with Crippen LogP contribution in [0.1, 0.15) is 18.2 Å². The third kappa shape index (κ3) is 4.15. The number of carbonyl (C=O) groups excluding carboxylic acids is 1. The van der Waals surface area contributed by atoms with E-state index in [1.165, 1.54) is 6.07 Å². The van der Waals surface area contributed by atoms with Crippen molar-refractivity contribution in [2.45, 2.75) is 13.3 Å². The van der Waals surface area contributed by atoms with E-state index in [1.807, 2.05) is 19.2 Å². The highest BCUT2D eigenvalue weighted by atomic mass is 16.5. The average Bonchev–Trinajstić information content (AvgIpc) is 3.04. The van der Waals surface area contributed by atoms with E-state index in [4.69, 9.17) is 4.74 Å². The van der Waals surface area contributed by atoms with Gasteiger partial charge in [-0.05, 0) is 24.6 Å². The number of nitrogens with zero attached hydrogens (tertiary/aromatic N) is 4. The smallest absolute Gasteiger partial charge is 0.411 e. The van der Waals surface area contributed by atoms with Crippen LogP contribution in [0.2, 0.25) is 0 Å². The number of anilines is 1. The van der Waals surface area contributed by atoms with E-state index in [1.54, 1.807) is 46.9 Å². The second kappa shape index (κ2) is 7.64. The summed E-state index contributed by atoms with van der Waals surface area (Å²) in [6.07, 6.45) is 3.22. The maximum Gasteiger partial charge on any atom is 0.411 e. The van der Waals surface area contributed by atoms with Gasteiger partial charge in [-0.3, -0.25) is 14.8 Å². The minimum atomic E-state index is -0.514. The van der Waals surface area contributed by atoms with Gasteiger partial charge in [0.15, 0.2) is 5.82 Å². The summed E-state index contributed by atoms with van der Waals surface area (Å²) in [6, 6.07) is 10.5. The van der Waals surface area contributed by atoms with Gasteiger partial charge in [-0.2, -0.15) is 10.2 Å². The summed E-state index contributed by atoms with van der Waals surface area (Å²) < 4.78 is 8.10. The van der Waals surface area contributed by atoms with Crippen molar-refractivity contribution in [3.63, 3.8) is 0 Å². The molecule has 0 fully saturated rings. The summed E-state index contributed by atoms with van der Waals surface area (Å²) in [7, 11) is 1.81. The van der Waals surface area contributed by atoms with E-state index in [0.29, 0.717) is 30.2 Å². The highest BCUT2D eigenvalue weighted by Gasteiger charge is 2.08. The molecule has 0 saturated heterocycles. The van der Waals surface area contributed by atoms with E-state index in [-0.39, 0.29) is 5.43 Å². The number of amides is 1. The molecule has 3 aromatic rings. The first-order valence-electron chi connectivity index (χ1n) is 8.17. The third-order valence-corrected chi connectivity index (χ3v) is 3.63. The number of benzene rings is 1. The second-order valence-electron chi connectivity index (χ2n) is 5.64. The minimum Gasteiger partial charge on any atom is -0.450 e. The van der Waals surface area contributed by atoms with Crippen molar-refractivity contribution in [3.8, 4) is 5.82 Å². The number of hydrogen-bond donors (Lipinski definition) is 1. The molecule has 0 bridgehead atoms. The number of nitrogens with one attached hydrogen (secondary N) is 1. The summed E-state index contributed by atoms with van der Waals surface area (Å²) >= 11 is 0. The number of rotatable bonds is 5. The fraction of sp³-hybridized carbons (Fsp3) is 0.222. The quantitative estimate of drug-likeness (QED) is 0.759. The summed E-state index contributed by atoms with van der Waals surface area (Å²) in [5.41, 5.74) is 1.69. The number of aryl methyl sites for hydroxylation is 1. The molecule has 8 heteroatoms. The van der Waals surface area contributed by atoms with Crippen LogP contribution < -0.4 is 10.7 Å². The first-order valence-corrected chi connectivity index (χ1v) is 8.17. The molecule has 0 atom stereocenters. The van der Waals surface area contributed by atoms with E-state index >= 15 is 0 Å². The molecule has 134 valence electrons. The molecule has 0 aliphatic carbocycles. The van der Waals surface area contributed by atoms with Crippen LogP contribution in [0.4, 0.5) is 10.5 Å². The van der Waals surface area contributed by atoms with Crippen LogP contribution in [0.25, 0.3) is 5.82 Å². The molecule has 0 spiro atoms. The van der Waals surface area contributed by atoms with Crippen LogP contribution in [-0.2, 0) is 18.2 Å². The normalized spacial score (nSPS) is 10.5. The van der Waals surface area contributed by atoms with E-state index in [2.05, 4.69) is 15.5 Å². The van der Waals surface area contributed by atoms with Crippen LogP contribution in [-0.4, -0.2) is 32.3 Å². The highest BCUT2D eigenvalue weighted by Crippen LogP contribution is 2.13. The first kappa shape index (κ1) is 17.4. The maximum atomic E-state index is 12.2. The number of hydrogen-bond acceptors (Lipinski definition) is 5. The molecule has 0 aliphatic heterocycles. The Morgan fingerprint density at radius 1 is 1.19 bits per heavy atom. The summed E-state index contributed by atoms with van der Waals surface area (Å²) in [5.74, 6) is 0.631. The Labute approximate surface area is 150 Å². The lowest BCUT2D eigenvalue weighted by atomic mass is 10.1. The SMILES string of the molecule is CCOC(=O)Nc1cccc(Cc2nn(-c3ccn(C)n3)ccc2=O)c1. The summed E-state index contributed by atoms with van der Waals surface area (Å²) in [6.45, 7) is 2.04. The van der Waals surface area contributed by atoms with Crippen molar-refractivity contribution in [1.82, 2.24) is 19.6 Å². The topological polar surface area (TPSA) is 91.0 Å². The molecular formula is C18H19N5O3. The molecule has 1 amide bonds. The van der Waals surface area contributed by atoms with Crippen molar-refractivity contribution >= 4 is 11.8 Å². The van der Waals surface area contributed by atoms with E-state index in [0.717, 1.165) is 5.56 Å². The predicted molar refractivity (Wildman–Crippen MR) is 96.5 cm³/mol. The van der Waals surface area contributed by atoms with Gasteiger partial charge in [-0.15, -0.1) is 0 Å². The molecule has 0 radical (unpaired) electrons. The zero-order valence-corrected chi connectivity index (χ0v) is 14.5. The number of aromatic nitrogens is 4. The van der Waals surface area contributed by atoms with Gasteiger partial charge in [0.2, 0.25) is 5.43 Å². The predicted octanol–water partition coefficient (Wildman–Crippen LogP) is 2.13. The lowest BCUT2D eigenvalue weighted by Crippen LogP contribution is -2.17. The molecule has 2 aromatic heterocycles. The fourth-order valence-corrected chi connectivity index (χ4v) is 2.46. The van der Waals surface area contributed by atoms with E-state index in [9.17, 15) is 9.59 Å². The van der Waals surface area contributed by atoms with Gasteiger partial charge in [-0.1, -0.05) is 12.1 Å². The van der Waals surface area contributed by atoms with Crippen LogP contribution in [0.3, 0.4) is 0 Å². The van der Waals surface area contributed by atoms with Crippen molar-refractivity contribution in [3.05, 3.63) is 70.3 Å². The Hall–Kier alpha value is -3.42. The average molecular weight is 353 g/mol. The van der Waals surface area contributed by atoms with Gasteiger partial charge < -0.3 is 4.74 Å². The summed E-state index contributed by atoms with van der Waals surface area (Å²) in [4.78, 5) is 23.7. The van der Waals surface area contributed by atoms with Crippen molar-refractivity contribution in [2.75, 3.05) is 11.9 Å². The Morgan fingerprint density at radius 2 is 2.04 bits per heavy atom. The molecule has 0 saturated carbocycles. The van der Waals surface area contributed by atoms with Crippen LogP contribution >= 0.6 is 0 Å². The molecular weight excluding hydrogens is 334 g/mol. The van der Waals surface area contributed by atoms with Gasteiger partial charge >= 0.3 is 6.09 Å². The molecule has 8 nitrogen and oxygen atoms in total. The van der Waals surface area contributed by atoms with E-state index < -0.39 is 6.09 Å². The van der Waals surface area contributed by atoms with Gasteiger partial charge in [0.05, 0.1) is 6.61 Å². The molecule has 0 aliphatic rings. The zero-order chi connectivity index (χ0) is 18.5. The molecule has 26 heavy (non-hydrogen) atoms. The van der Waals surface area contributed by atoms with Gasteiger partial charge in [-0.25, -0.2) is 9.48 Å². The van der Waals surface area contributed by atoms with Crippen molar-refractivity contribution < 1.29 is 9.53 Å². The van der Waals surface area contributed by atoms with Crippen molar-refractivity contribution in [2.24, 2.45) is 7.05 Å². The largest absolute Gasteiger partial charge is 0.450 e. The highest BCUT2D eigenvalue weighted by molar-refractivity contribution is 5.84. The second-order valence-corrected chi connectivity index (χ2v) is 5.64. The lowest BCUT2D eigenvalue weighted by molar-refractivity contribution is 0.168. The third-order valence-electron chi connectivity index (χ3n) is 3.63. The number of ether oxygens (including phenoxy) is 1. The lowest BCUT2D eigenvalue weighted by Gasteiger charge is -2.08. The maximum absolute atomic E-state index is 12.2. The van der Waals surface area contributed by atoms with Crippen LogP contribution in [0.15, 0.2) is 53.6 Å².